The first kappa shape index (κ1) is 24.4. The molecule has 2 saturated heterocycles. The van der Waals surface area contributed by atoms with Gasteiger partial charge in [-0.1, -0.05) is 12.1 Å². The Morgan fingerprint density at radius 2 is 1.88 bits per heavy atom. The van der Waals surface area contributed by atoms with Gasteiger partial charge < -0.3 is 19.2 Å². The number of likely N-dealkylation sites (tertiary alicyclic amines) is 1. The molecule has 2 aliphatic heterocycles. The first-order chi connectivity index (χ1) is 16.4. The van der Waals surface area contributed by atoms with Gasteiger partial charge in [0.05, 0.1) is 19.7 Å². The van der Waals surface area contributed by atoms with Gasteiger partial charge in [-0.05, 0) is 61.7 Å². The quantitative estimate of drug-likeness (QED) is 0.534. The van der Waals surface area contributed by atoms with E-state index in [0.717, 1.165) is 37.5 Å². The number of hydrogen-bond acceptors (Lipinski definition) is 6. The van der Waals surface area contributed by atoms with Crippen molar-refractivity contribution in [1.82, 2.24) is 15.1 Å². The monoisotopic (exact) mass is 473 g/mol. The Hall–Kier alpha value is -2.75. The molecule has 0 spiro atoms. The molecule has 9 heteroatoms. The average molecular weight is 474 g/mol. The topological polar surface area (TPSA) is 84.2 Å². The number of piperidine rings is 1. The molecule has 0 saturated carbocycles. The predicted octanol–water partition coefficient (Wildman–Crippen LogP) is 2.96. The number of amides is 3. The summed E-state index contributed by atoms with van der Waals surface area (Å²) in [6.07, 6.45) is 1.71. The van der Waals surface area contributed by atoms with Gasteiger partial charge in [-0.25, -0.2) is 9.18 Å². The molecule has 2 aliphatic rings. The lowest BCUT2D eigenvalue weighted by atomic mass is 9.74. The van der Waals surface area contributed by atoms with E-state index in [-0.39, 0.29) is 37.2 Å². The van der Waals surface area contributed by atoms with Crippen LogP contribution in [0, 0.1) is 11.7 Å². The minimum absolute atomic E-state index is 0.0725. The van der Waals surface area contributed by atoms with E-state index < -0.39 is 11.6 Å². The number of imide groups is 1. The van der Waals surface area contributed by atoms with Crippen LogP contribution in [0.1, 0.15) is 29.9 Å². The molecule has 184 valence electrons. The normalized spacial score (nSPS) is 21.9. The summed E-state index contributed by atoms with van der Waals surface area (Å²) in [4.78, 5) is 29.9. The molecule has 34 heavy (non-hydrogen) atoms. The van der Waals surface area contributed by atoms with Crippen LogP contribution >= 0.6 is 0 Å². The van der Waals surface area contributed by atoms with Crippen molar-refractivity contribution < 1.29 is 27.9 Å². The molecule has 0 aliphatic carbocycles. The maximum Gasteiger partial charge on any atom is 0.325 e. The highest BCUT2D eigenvalue weighted by Gasteiger charge is 2.55. The van der Waals surface area contributed by atoms with E-state index in [2.05, 4.69) is 10.2 Å². The summed E-state index contributed by atoms with van der Waals surface area (Å²) in [6, 6.07) is 9.70. The van der Waals surface area contributed by atoms with Crippen molar-refractivity contribution in [2.75, 3.05) is 40.5 Å². The van der Waals surface area contributed by atoms with Crippen LogP contribution < -0.4 is 5.32 Å². The zero-order valence-corrected chi connectivity index (χ0v) is 19.7. The third-order valence-corrected chi connectivity index (χ3v) is 6.76. The molecular weight excluding hydrogens is 441 g/mol. The lowest BCUT2D eigenvalue weighted by Gasteiger charge is -2.41. The summed E-state index contributed by atoms with van der Waals surface area (Å²) in [5, 5.41) is 3.00. The minimum Gasteiger partial charge on any atom is -0.462 e. The lowest BCUT2D eigenvalue weighted by Crippen LogP contribution is -2.57. The molecule has 0 radical (unpaired) electrons. The molecule has 1 atom stereocenters. The van der Waals surface area contributed by atoms with Gasteiger partial charge in [0, 0.05) is 20.6 Å². The van der Waals surface area contributed by atoms with Crippen LogP contribution in [-0.4, -0.2) is 67.7 Å². The SMILES string of the molecule is COCCN1C(=O)N[C@@](Cc2cccc(F)c2)(C2CCN(Cc3ccc(COC)o3)CC2)C1=O. The van der Waals surface area contributed by atoms with E-state index in [4.69, 9.17) is 13.9 Å². The molecule has 2 aromatic rings. The largest absolute Gasteiger partial charge is 0.462 e. The molecule has 1 aromatic heterocycles. The van der Waals surface area contributed by atoms with Crippen molar-refractivity contribution in [3.05, 3.63) is 59.3 Å². The number of methoxy groups -OCH3 is 2. The fourth-order valence-electron chi connectivity index (χ4n) is 5.07. The Bertz CT molecular complexity index is 1000. The Kier molecular flexibility index (Phi) is 7.65. The molecule has 8 nitrogen and oxygen atoms in total. The number of nitrogens with zero attached hydrogens (tertiary/aromatic N) is 2. The van der Waals surface area contributed by atoms with Gasteiger partial charge in [-0.2, -0.15) is 0 Å². The summed E-state index contributed by atoms with van der Waals surface area (Å²) in [6.45, 7) is 3.09. The minimum atomic E-state index is -1.10. The average Bonchev–Trinajstić information content (AvgIpc) is 3.35. The Balaban J connectivity index is 1.49. The highest BCUT2D eigenvalue weighted by Crippen LogP contribution is 2.37. The van der Waals surface area contributed by atoms with Gasteiger partial charge in [0.15, 0.2) is 0 Å². The fraction of sp³-hybridized carbons (Fsp3) is 0.520. The van der Waals surface area contributed by atoms with Crippen molar-refractivity contribution in [3.8, 4) is 0 Å². The highest BCUT2D eigenvalue weighted by atomic mass is 19.1. The fourth-order valence-corrected chi connectivity index (χ4v) is 5.07. The second-order valence-corrected chi connectivity index (χ2v) is 9.01. The van der Waals surface area contributed by atoms with Gasteiger partial charge in [0.1, 0.15) is 29.5 Å². The number of hydrogen-bond donors (Lipinski definition) is 1. The number of furan rings is 1. The maximum atomic E-state index is 13.9. The van der Waals surface area contributed by atoms with Crippen molar-refractivity contribution in [2.45, 2.75) is 38.0 Å². The summed E-state index contributed by atoms with van der Waals surface area (Å²) in [5.74, 6) is 0.971. The third-order valence-electron chi connectivity index (χ3n) is 6.76. The van der Waals surface area contributed by atoms with Gasteiger partial charge >= 0.3 is 6.03 Å². The molecule has 1 aromatic carbocycles. The predicted molar refractivity (Wildman–Crippen MR) is 122 cm³/mol. The van der Waals surface area contributed by atoms with E-state index >= 15 is 0 Å². The molecule has 1 N–H and O–H groups in total. The van der Waals surface area contributed by atoms with Crippen LogP contribution in [0.15, 0.2) is 40.8 Å². The summed E-state index contributed by atoms with van der Waals surface area (Å²) < 4.78 is 29.9. The summed E-state index contributed by atoms with van der Waals surface area (Å²) in [5.41, 5.74) is -0.410. The molecule has 3 amide bonds. The van der Waals surface area contributed by atoms with E-state index in [0.29, 0.717) is 18.7 Å². The molecule has 2 fully saturated rings. The van der Waals surface area contributed by atoms with Crippen LogP contribution in [0.3, 0.4) is 0 Å². The van der Waals surface area contributed by atoms with Crippen molar-refractivity contribution >= 4 is 11.9 Å². The smallest absolute Gasteiger partial charge is 0.325 e. The van der Waals surface area contributed by atoms with E-state index in [1.807, 2.05) is 12.1 Å². The maximum absolute atomic E-state index is 13.9. The molecule has 0 bridgehead atoms. The lowest BCUT2D eigenvalue weighted by molar-refractivity contribution is -0.134. The molecular formula is C25H32FN3O5. The number of urea groups is 1. The van der Waals surface area contributed by atoms with Crippen LogP contribution in [0.5, 0.6) is 0 Å². The van der Waals surface area contributed by atoms with E-state index in [1.165, 1.54) is 24.1 Å². The second-order valence-electron chi connectivity index (χ2n) is 9.01. The number of carbonyl (C=O) groups is 2. The Labute approximate surface area is 199 Å². The number of halogens is 1. The number of carbonyl (C=O) groups excluding carboxylic acids is 2. The van der Waals surface area contributed by atoms with Gasteiger partial charge in [-0.15, -0.1) is 0 Å². The molecule has 0 unspecified atom stereocenters. The third kappa shape index (κ3) is 5.16. The zero-order chi connectivity index (χ0) is 24.1. The van der Waals surface area contributed by atoms with Crippen LogP contribution in [-0.2, 0) is 33.8 Å². The number of benzene rings is 1. The number of nitrogens with one attached hydrogen (secondary N) is 1. The molecule has 4 rings (SSSR count). The molecule has 3 heterocycles. The first-order valence-corrected chi connectivity index (χ1v) is 11.6. The van der Waals surface area contributed by atoms with Gasteiger partial charge in [-0.3, -0.25) is 14.6 Å². The van der Waals surface area contributed by atoms with Crippen LogP contribution in [0.4, 0.5) is 9.18 Å². The van der Waals surface area contributed by atoms with Gasteiger partial charge in [0.2, 0.25) is 0 Å². The zero-order valence-electron chi connectivity index (χ0n) is 19.7. The summed E-state index contributed by atoms with van der Waals surface area (Å²) in [7, 11) is 3.16. The number of ether oxygens (including phenoxy) is 2. The highest BCUT2D eigenvalue weighted by molar-refractivity contribution is 6.07. The van der Waals surface area contributed by atoms with Crippen LogP contribution in [0.25, 0.3) is 0 Å². The van der Waals surface area contributed by atoms with Crippen LogP contribution in [0.2, 0.25) is 0 Å². The Morgan fingerprint density at radius 1 is 1.12 bits per heavy atom. The van der Waals surface area contributed by atoms with Crippen molar-refractivity contribution in [2.24, 2.45) is 5.92 Å². The second kappa shape index (κ2) is 10.7. The number of rotatable bonds is 10. The first-order valence-electron chi connectivity index (χ1n) is 11.6. The van der Waals surface area contributed by atoms with Crippen molar-refractivity contribution in [1.29, 1.82) is 0 Å². The standard InChI is InChI=1S/C25H32FN3O5/c1-32-13-12-29-23(30)25(27-24(29)31,15-18-4-3-5-20(26)14-18)19-8-10-28(11-9-19)16-21-6-7-22(34-21)17-33-2/h3-7,14,19H,8-13,15-17H2,1-2H3,(H,27,31)/t25-/m0/s1. The van der Waals surface area contributed by atoms with E-state index in [9.17, 15) is 14.0 Å². The summed E-state index contributed by atoms with van der Waals surface area (Å²) >= 11 is 0. The van der Waals surface area contributed by atoms with Gasteiger partial charge in [0.25, 0.3) is 5.91 Å². The Morgan fingerprint density at radius 3 is 2.59 bits per heavy atom. The van der Waals surface area contributed by atoms with Crippen molar-refractivity contribution in [3.63, 3.8) is 0 Å². The van der Waals surface area contributed by atoms with E-state index in [1.54, 1.807) is 19.2 Å².